The molecule has 2 aliphatic rings. The van der Waals surface area contributed by atoms with E-state index in [1.54, 1.807) is 6.92 Å². The first kappa shape index (κ1) is 11.1. The van der Waals surface area contributed by atoms with E-state index in [0.29, 0.717) is 0 Å². The number of aliphatic carboxylic acids is 1. The summed E-state index contributed by atoms with van der Waals surface area (Å²) in [7, 11) is 0. The minimum absolute atomic E-state index is 0.440. The molecule has 6 heteroatoms. The summed E-state index contributed by atoms with van der Waals surface area (Å²) in [6, 6.07) is -1.82. The second-order valence-corrected chi connectivity index (χ2v) is 4.43. The van der Waals surface area contributed by atoms with E-state index in [1.165, 1.54) is 6.92 Å². The Hall–Kier alpha value is -1.43. The smallest absolute Gasteiger partial charge is 0.334 e. The highest BCUT2D eigenvalue weighted by Gasteiger charge is 2.64. The van der Waals surface area contributed by atoms with E-state index in [2.05, 4.69) is 0 Å². The number of hydrogen-bond donors (Lipinski definition) is 2. The van der Waals surface area contributed by atoms with Crippen LogP contribution in [-0.4, -0.2) is 51.0 Å². The van der Waals surface area contributed by atoms with E-state index in [1.807, 2.05) is 0 Å². The van der Waals surface area contributed by atoms with Gasteiger partial charge in [0.25, 0.3) is 0 Å². The van der Waals surface area contributed by atoms with Crippen LogP contribution < -0.4 is 0 Å². The first-order valence-electron chi connectivity index (χ1n) is 5.14. The third kappa shape index (κ3) is 1.13. The molecule has 16 heavy (non-hydrogen) atoms. The van der Waals surface area contributed by atoms with Crippen LogP contribution in [0, 0.1) is 11.8 Å². The van der Waals surface area contributed by atoms with Crippen LogP contribution in [0.15, 0.2) is 0 Å². The molecule has 2 rings (SSSR count). The Morgan fingerprint density at radius 3 is 2.44 bits per heavy atom. The van der Waals surface area contributed by atoms with Gasteiger partial charge in [0.2, 0.25) is 5.91 Å². The molecule has 2 saturated heterocycles. The maximum absolute atomic E-state index is 11.7. The molecule has 0 aromatic rings. The third-order valence-corrected chi connectivity index (χ3v) is 3.49. The summed E-state index contributed by atoms with van der Waals surface area (Å²) in [5.41, 5.74) is 0. The van der Waals surface area contributed by atoms with Gasteiger partial charge in [0.05, 0.1) is 18.1 Å². The number of rotatable bonds is 2. The number of Topliss-reactive ketones (excluding diaryl/α,β-unsaturated/α-hetero) is 1. The summed E-state index contributed by atoms with van der Waals surface area (Å²) in [4.78, 5) is 35.3. The van der Waals surface area contributed by atoms with Crippen LogP contribution in [0.1, 0.15) is 13.8 Å². The van der Waals surface area contributed by atoms with Crippen LogP contribution in [0.25, 0.3) is 0 Å². The maximum atomic E-state index is 11.7. The number of carbonyl (C=O) groups excluding carboxylic acids is 2. The predicted octanol–water partition coefficient (Wildman–Crippen LogP) is -1.13. The molecule has 0 aromatic carbocycles. The van der Waals surface area contributed by atoms with Crippen molar-refractivity contribution in [3.63, 3.8) is 0 Å². The molecule has 2 N–H and O–H groups in total. The normalized spacial score (nSPS) is 39.3. The minimum Gasteiger partial charge on any atom is -0.479 e. The topological polar surface area (TPSA) is 94.9 Å². The van der Waals surface area contributed by atoms with Crippen molar-refractivity contribution >= 4 is 17.7 Å². The lowest BCUT2D eigenvalue weighted by molar-refractivity contribution is -0.171. The Bertz CT molecular complexity index is 377. The fourth-order valence-electron chi connectivity index (χ4n) is 2.69. The molecule has 0 aliphatic carbocycles. The molecule has 0 radical (unpaired) electrons. The SMILES string of the molecule is CC(O)[C@@H]1C(=O)N2C(C(=O)O)C(=O)[C@H](C)[C@H]12. The van der Waals surface area contributed by atoms with Gasteiger partial charge in [0.1, 0.15) is 0 Å². The summed E-state index contributed by atoms with van der Waals surface area (Å²) in [6.07, 6.45) is -0.850. The number of nitrogens with zero attached hydrogens (tertiary/aromatic N) is 1. The highest BCUT2D eigenvalue weighted by atomic mass is 16.4. The van der Waals surface area contributed by atoms with Crippen molar-refractivity contribution in [2.75, 3.05) is 0 Å². The van der Waals surface area contributed by atoms with Crippen LogP contribution in [0.5, 0.6) is 0 Å². The largest absolute Gasteiger partial charge is 0.479 e. The van der Waals surface area contributed by atoms with Gasteiger partial charge < -0.3 is 15.1 Å². The van der Waals surface area contributed by atoms with Crippen molar-refractivity contribution in [1.82, 2.24) is 4.90 Å². The lowest BCUT2D eigenvalue weighted by atomic mass is 9.79. The van der Waals surface area contributed by atoms with Crippen molar-refractivity contribution < 1.29 is 24.6 Å². The molecule has 1 amide bonds. The van der Waals surface area contributed by atoms with Gasteiger partial charge in [-0.05, 0) is 6.92 Å². The number of fused-ring (bicyclic) bond motifs is 1. The van der Waals surface area contributed by atoms with E-state index in [0.717, 1.165) is 4.90 Å². The number of aliphatic hydroxyl groups excluding tert-OH is 1. The van der Waals surface area contributed by atoms with Gasteiger partial charge in [-0.1, -0.05) is 6.92 Å². The van der Waals surface area contributed by atoms with E-state index in [-0.39, 0.29) is 0 Å². The van der Waals surface area contributed by atoms with Crippen LogP contribution in [-0.2, 0) is 14.4 Å². The van der Waals surface area contributed by atoms with Crippen LogP contribution in [0.2, 0.25) is 0 Å². The molecule has 0 aromatic heterocycles. The van der Waals surface area contributed by atoms with Gasteiger partial charge >= 0.3 is 5.97 Å². The molecule has 0 saturated carbocycles. The number of amides is 1. The molecule has 2 unspecified atom stereocenters. The Morgan fingerprint density at radius 2 is 2.00 bits per heavy atom. The monoisotopic (exact) mass is 227 g/mol. The highest BCUT2D eigenvalue weighted by Crippen LogP contribution is 2.42. The molecule has 6 nitrogen and oxygen atoms in total. The second kappa shape index (κ2) is 3.28. The predicted molar refractivity (Wildman–Crippen MR) is 51.4 cm³/mol. The zero-order valence-electron chi connectivity index (χ0n) is 8.95. The fraction of sp³-hybridized carbons (Fsp3) is 0.700. The van der Waals surface area contributed by atoms with Gasteiger partial charge in [-0.3, -0.25) is 9.59 Å². The summed E-state index contributed by atoms with van der Waals surface area (Å²) < 4.78 is 0. The number of carboxylic acids is 1. The fourth-order valence-corrected chi connectivity index (χ4v) is 2.69. The van der Waals surface area contributed by atoms with Gasteiger partial charge in [-0.2, -0.15) is 0 Å². The van der Waals surface area contributed by atoms with Crippen molar-refractivity contribution in [3.05, 3.63) is 0 Å². The van der Waals surface area contributed by atoms with Gasteiger partial charge in [0, 0.05) is 5.92 Å². The average Bonchev–Trinajstić information content (AvgIpc) is 2.38. The lowest BCUT2D eigenvalue weighted by Crippen LogP contribution is -2.65. The molecule has 2 aliphatic heterocycles. The zero-order chi connectivity index (χ0) is 12.2. The van der Waals surface area contributed by atoms with Crippen LogP contribution >= 0.6 is 0 Å². The summed E-state index contributed by atoms with van der Waals surface area (Å²) in [5.74, 6) is -3.34. The van der Waals surface area contributed by atoms with Gasteiger partial charge in [-0.15, -0.1) is 0 Å². The molecule has 0 bridgehead atoms. The Balaban J connectivity index is 2.32. The Morgan fingerprint density at radius 1 is 1.44 bits per heavy atom. The quantitative estimate of drug-likeness (QED) is 0.459. The summed E-state index contributed by atoms with van der Waals surface area (Å²) in [6.45, 7) is 3.08. The van der Waals surface area contributed by atoms with Crippen LogP contribution in [0.3, 0.4) is 0 Å². The molecule has 0 spiro atoms. The molecule has 88 valence electrons. The first-order chi connectivity index (χ1) is 7.37. The molecule has 5 atom stereocenters. The number of ketones is 1. The minimum atomic E-state index is -1.36. The van der Waals surface area contributed by atoms with Crippen LogP contribution in [0.4, 0.5) is 0 Å². The van der Waals surface area contributed by atoms with Crippen molar-refractivity contribution in [3.8, 4) is 0 Å². The maximum Gasteiger partial charge on any atom is 0.334 e. The van der Waals surface area contributed by atoms with E-state index in [4.69, 9.17) is 5.11 Å². The average molecular weight is 227 g/mol. The summed E-state index contributed by atoms with van der Waals surface area (Å²) in [5, 5.41) is 18.3. The zero-order valence-corrected chi connectivity index (χ0v) is 8.95. The molecular formula is C10H13NO5. The Labute approximate surface area is 91.8 Å². The summed E-state index contributed by atoms with van der Waals surface area (Å²) >= 11 is 0. The number of hydrogen-bond acceptors (Lipinski definition) is 4. The second-order valence-electron chi connectivity index (χ2n) is 4.43. The molecular weight excluding hydrogens is 214 g/mol. The number of aliphatic hydroxyl groups is 1. The lowest BCUT2D eigenvalue weighted by Gasteiger charge is -2.46. The molecule has 2 fully saturated rings. The van der Waals surface area contributed by atoms with E-state index >= 15 is 0 Å². The first-order valence-corrected chi connectivity index (χ1v) is 5.14. The van der Waals surface area contributed by atoms with Crippen molar-refractivity contribution in [1.29, 1.82) is 0 Å². The number of carbonyl (C=O) groups is 3. The molecule has 2 heterocycles. The van der Waals surface area contributed by atoms with Crippen molar-refractivity contribution in [2.45, 2.75) is 32.0 Å². The standard InChI is InChI=1S/C10H13NO5/c1-3-6-5(4(2)12)9(14)11(6)7(8(3)13)10(15)16/h3-7,12H,1-2H3,(H,15,16)/t3-,4?,5+,6-,7?/m1/s1. The number of β-lactam (4-membered cyclic amide) rings is 1. The van der Waals surface area contributed by atoms with Gasteiger partial charge in [0.15, 0.2) is 11.8 Å². The number of carboxylic acid groups (broad SMARTS) is 1. The third-order valence-electron chi connectivity index (χ3n) is 3.49. The van der Waals surface area contributed by atoms with Crippen molar-refractivity contribution in [2.24, 2.45) is 11.8 Å². The Kier molecular flexibility index (Phi) is 2.27. The van der Waals surface area contributed by atoms with E-state index in [9.17, 15) is 19.5 Å². The highest BCUT2D eigenvalue weighted by molar-refractivity contribution is 6.11. The van der Waals surface area contributed by atoms with Gasteiger partial charge in [-0.25, -0.2) is 4.79 Å². The van der Waals surface area contributed by atoms with E-state index < -0.39 is 47.7 Å².